The average Bonchev–Trinajstić information content (AvgIpc) is 2.29. The maximum Gasteiger partial charge on any atom is 0.0643 e. The van der Waals surface area contributed by atoms with Crippen molar-refractivity contribution in [2.45, 2.75) is 6.92 Å². The molecule has 1 heterocycles. The molecule has 0 unspecified atom stereocenters. The van der Waals surface area contributed by atoms with Crippen LogP contribution < -0.4 is 0 Å². The molecule has 0 N–H and O–H groups in total. The summed E-state index contributed by atoms with van der Waals surface area (Å²) in [6.45, 7) is 9.83. The van der Waals surface area contributed by atoms with E-state index in [1.165, 1.54) is 0 Å². The van der Waals surface area contributed by atoms with Crippen LogP contribution in [0.15, 0.2) is 62.8 Å². The summed E-state index contributed by atoms with van der Waals surface area (Å²) in [7, 11) is 0. The number of hydrogen-bond donors (Lipinski definition) is 0. The van der Waals surface area contributed by atoms with E-state index in [1.807, 2.05) is 25.2 Å². The van der Waals surface area contributed by atoms with E-state index in [0.29, 0.717) is 12.2 Å². The summed E-state index contributed by atoms with van der Waals surface area (Å²) in [5.41, 5.74) is 2.93. The predicted molar refractivity (Wildman–Crippen MR) is 71.5 cm³/mol. The van der Waals surface area contributed by atoms with Gasteiger partial charge in [-0.05, 0) is 36.9 Å². The van der Waals surface area contributed by atoms with E-state index >= 15 is 0 Å². The molecule has 0 spiro atoms. The van der Waals surface area contributed by atoms with Crippen LogP contribution in [-0.2, 0) is 0 Å². The maximum atomic E-state index is 4.23. The second-order valence-electron chi connectivity index (χ2n) is 3.30. The summed E-state index contributed by atoms with van der Waals surface area (Å²) < 4.78 is 0. The molecule has 82 valence electrons. The third-order valence-corrected chi connectivity index (χ3v) is 2.09. The van der Waals surface area contributed by atoms with Gasteiger partial charge in [0.05, 0.1) is 12.2 Å². The highest BCUT2D eigenvalue weighted by Crippen LogP contribution is 2.10. The minimum Gasteiger partial charge on any atom is -0.287 e. The summed E-state index contributed by atoms with van der Waals surface area (Å²) in [4.78, 5) is 12.0. The van der Waals surface area contributed by atoms with Crippen LogP contribution in [0.3, 0.4) is 0 Å². The number of rotatable bonds is 2. The minimum absolute atomic E-state index is 0.612. The summed E-state index contributed by atoms with van der Waals surface area (Å²) >= 11 is 0. The molecule has 3 nitrogen and oxygen atoms in total. The average molecular weight is 213 g/mol. The first kappa shape index (κ1) is 12.0. The molecular formula is C13H15N3. The number of nitrogens with zero attached hydrogens (tertiary/aromatic N) is 3. The van der Waals surface area contributed by atoms with E-state index in [1.54, 1.807) is 18.6 Å². The standard InChI is InChI=1S/C13H15N3/c1-11-4-5-12(2)16-9-8-15-10-13(11)6-7-14-3/h4-9H,2-3,10H2,1H3/b5-4-,7-6-,13-11-,15-8-,16-9-. The van der Waals surface area contributed by atoms with Gasteiger partial charge in [-0.15, -0.1) is 0 Å². The molecular weight excluding hydrogens is 198 g/mol. The van der Waals surface area contributed by atoms with E-state index in [4.69, 9.17) is 0 Å². The normalized spacial score (nSPS) is 27.7. The first-order valence-electron chi connectivity index (χ1n) is 4.95. The monoisotopic (exact) mass is 213 g/mol. The van der Waals surface area contributed by atoms with E-state index in [-0.39, 0.29) is 0 Å². The Kier molecular flexibility index (Phi) is 4.86. The molecule has 0 amide bonds. The Morgan fingerprint density at radius 2 is 2.19 bits per heavy atom. The van der Waals surface area contributed by atoms with Crippen molar-refractivity contribution in [3.63, 3.8) is 0 Å². The third kappa shape index (κ3) is 4.00. The number of aliphatic imine (C=N–C) groups is 3. The van der Waals surface area contributed by atoms with Crippen LogP contribution in [0.5, 0.6) is 0 Å². The summed E-state index contributed by atoms with van der Waals surface area (Å²) in [6.07, 6.45) is 10.7. The summed E-state index contributed by atoms with van der Waals surface area (Å²) in [5, 5.41) is 0. The zero-order valence-corrected chi connectivity index (χ0v) is 9.43. The lowest BCUT2D eigenvalue weighted by atomic mass is 10.1. The van der Waals surface area contributed by atoms with Crippen LogP contribution in [0.4, 0.5) is 0 Å². The van der Waals surface area contributed by atoms with Crippen LogP contribution in [0.25, 0.3) is 0 Å². The van der Waals surface area contributed by atoms with Crippen molar-refractivity contribution in [2.24, 2.45) is 15.0 Å². The van der Waals surface area contributed by atoms with Crippen molar-refractivity contribution >= 4 is 19.1 Å². The fourth-order valence-corrected chi connectivity index (χ4v) is 1.15. The van der Waals surface area contributed by atoms with Gasteiger partial charge in [0.1, 0.15) is 0 Å². The van der Waals surface area contributed by atoms with Crippen molar-refractivity contribution in [1.82, 2.24) is 0 Å². The van der Waals surface area contributed by atoms with Crippen molar-refractivity contribution < 1.29 is 0 Å². The van der Waals surface area contributed by atoms with Crippen LogP contribution in [-0.4, -0.2) is 25.7 Å². The van der Waals surface area contributed by atoms with Crippen LogP contribution in [0.2, 0.25) is 0 Å². The van der Waals surface area contributed by atoms with E-state index in [9.17, 15) is 0 Å². The van der Waals surface area contributed by atoms with Gasteiger partial charge < -0.3 is 0 Å². The third-order valence-electron chi connectivity index (χ3n) is 2.09. The topological polar surface area (TPSA) is 37.1 Å². The van der Waals surface area contributed by atoms with Crippen molar-refractivity contribution in [1.29, 1.82) is 0 Å². The Morgan fingerprint density at radius 1 is 1.38 bits per heavy atom. The zero-order chi connectivity index (χ0) is 11.8. The predicted octanol–water partition coefficient (Wildman–Crippen LogP) is 2.74. The van der Waals surface area contributed by atoms with Gasteiger partial charge in [-0.2, -0.15) is 0 Å². The second-order valence-corrected chi connectivity index (χ2v) is 3.30. The first-order chi connectivity index (χ1) is 7.74. The molecule has 1 aliphatic heterocycles. The molecule has 0 saturated carbocycles. The zero-order valence-electron chi connectivity index (χ0n) is 9.43. The van der Waals surface area contributed by atoms with E-state index in [2.05, 4.69) is 28.3 Å². The highest BCUT2D eigenvalue weighted by Gasteiger charge is 1.96. The highest BCUT2D eigenvalue weighted by atomic mass is 14.8. The van der Waals surface area contributed by atoms with Crippen LogP contribution in [0.1, 0.15) is 6.92 Å². The molecule has 0 aromatic heterocycles. The smallest absolute Gasteiger partial charge is 0.0643 e. The minimum atomic E-state index is 0.612. The van der Waals surface area contributed by atoms with Gasteiger partial charge in [0, 0.05) is 18.6 Å². The lowest BCUT2D eigenvalue weighted by molar-refractivity contribution is 1.16. The molecule has 0 saturated heterocycles. The molecule has 0 bridgehead atoms. The van der Waals surface area contributed by atoms with Gasteiger partial charge in [-0.1, -0.05) is 12.7 Å². The van der Waals surface area contributed by atoms with Crippen LogP contribution >= 0.6 is 0 Å². The maximum absolute atomic E-state index is 4.23. The van der Waals surface area contributed by atoms with Crippen molar-refractivity contribution in [3.8, 4) is 0 Å². The summed E-state index contributed by atoms with van der Waals surface area (Å²) in [6, 6.07) is 0. The second kappa shape index (κ2) is 6.45. The Labute approximate surface area is 96.0 Å². The summed E-state index contributed by atoms with van der Waals surface area (Å²) in [5.74, 6) is 0. The molecule has 0 atom stereocenters. The molecule has 1 rings (SSSR count). The largest absolute Gasteiger partial charge is 0.287 e. The lowest BCUT2D eigenvalue weighted by Gasteiger charge is -2.02. The molecule has 0 aromatic rings. The first-order valence-corrected chi connectivity index (χ1v) is 4.95. The molecule has 0 aliphatic carbocycles. The fraction of sp³-hybridized carbons (Fsp3) is 0.154. The molecule has 0 aromatic carbocycles. The van der Waals surface area contributed by atoms with Gasteiger partial charge in [0.2, 0.25) is 0 Å². The molecule has 3 heteroatoms. The Bertz CT molecular complexity index is 420. The van der Waals surface area contributed by atoms with E-state index < -0.39 is 0 Å². The molecule has 0 radical (unpaired) electrons. The molecule has 16 heavy (non-hydrogen) atoms. The Morgan fingerprint density at radius 3 is 2.94 bits per heavy atom. The van der Waals surface area contributed by atoms with Gasteiger partial charge in [0.15, 0.2) is 0 Å². The van der Waals surface area contributed by atoms with Crippen LogP contribution in [0, 0.1) is 0 Å². The van der Waals surface area contributed by atoms with E-state index in [0.717, 1.165) is 11.1 Å². The molecule has 1 aliphatic rings. The highest BCUT2D eigenvalue weighted by molar-refractivity contribution is 6.16. The van der Waals surface area contributed by atoms with Crippen molar-refractivity contribution in [3.05, 3.63) is 47.9 Å². The Balaban J connectivity index is 3.01. The SMILES string of the molecule is C=N\C=C/C1=C(C)/C=C\C(=C)/N=C\C=N/C1. The number of allylic oxidation sites excluding steroid dienone is 3. The Hall–Kier alpha value is -2.03. The fourth-order valence-electron chi connectivity index (χ4n) is 1.15. The van der Waals surface area contributed by atoms with Gasteiger partial charge >= 0.3 is 0 Å². The quantitative estimate of drug-likeness (QED) is 0.632. The molecule has 0 fully saturated rings. The van der Waals surface area contributed by atoms with Gasteiger partial charge in [0.25, 0.3) is 0 Å². The lowest BCUT2D eigenvalue weighted by Crippen LogP contribution is -1.92. The van der Waals surface area contributed by atoms with Gasteiger partial charge in [-0.25, -0.2) is 0 Å². The van der Waals surface area contributed by atoms with Crippen molar-refractivity contribution in [2.75, 3.05) is 6.54 Å². The number of hydrogen-bond acceptors (Lipinski definition) is 3. The van der Waals surface area contributed by atoms with Gasteiger partial charge in [-0.3, -0.25) is 15.0 Å².